The SMILES string of the molecule is Cc1cc(C)cc(Cn2c(C)ccc(C(=O)O)c2=O)c1. The van der Waals surface area contributed by atoms with Gasteiger partial charge in [0.05, 0.1) is 6.54 Å². The Hall–Kier alpha value is -2.36. The average molecular weight is 271 g/mol. The van der Waals surface area contributed by atoms with E-state index in [4.69, 9.17) is 5.11 Å². The molecule has 1 N–H and O–H groups in total. The van der Waals surface area contributed by atoms with Gasteiger partial charge in [-0.3, -0.25) is 4.79 Å². The van der Waals surface area contributed by atoms with Crippen molar-refractivity contribution in [1.82, 2.24) is 4.57 Å². The van der Waals surface area contributed by atoms with Crippen molar-refractivity contribution in [3.63, 3.8) is 0 Å². The molecule has 0 atom stereocenters. The maximum atomic E-state index is 12.2. The first kappa shape index (κ1) is 14.1. The van der Waals surface area contributed by atoms with E-state index in [-0.39, 0.29) is 5.56 Å². The van der Waals surface area contributed by atoms with Gasteiger partial charge in [0, 0.05) is 5.69 Å². The van der Waals surface area contributed by atoms with Gasteiger partial charge in [-0.15, -0.1) is 0 Å². The molecule has 0 aliphatic carbocycles. The van der Waals surface area contributed by atoms with Crippen molar-refractivity contribution >= 4 is 5.97 Å². The third-order valence-electron chi connectivity index (χ3n) is 3.25. The Kier molecular flexibility index (Phi) is 3.74. The van der Waals surface area contributed by atoms with Gasteiger partial charge in [-0.05, 0) is 38.5 Å². The lowest BCUT2D eigenvalue weighted by Gasteiger charge is -2.12. The van der Waals surface area contributed by atoms with E-state index < -0.39 is 11.5 Å². The van der Waals surface area contributed by atoms with Crippen molar-refractivity contribution in [1.29, 1.82) is 0 Å². The van der Waals surface area contributed by atoms with Crippen LogP contribution in [-0.4, -0.2) is 15.6 Å². The average Bonchev–Trinajstić information content (AvgIpc) is 2.32. The molecule has 0 aliphatic rings. The number of aromatic carboxylic acids is 1. The lowest BCUT2D eigenvalue weighted by molar-refractivity contribution is 0.0694. The fourth-order valence-corrected chi connectivity index (χ4v) is 2.37. The summed E-state index contributed by atoms with van der Waals surface area (Å²) in [4.78, 5) is 23.2. The molecular formula is C16H17NO3. The minimum atomic E-state index is -1.19. The highest BCUT2D eigenvalue weighted by Gasteiger charge is 2.12. The third-order valence-corrected chi connectivity index (χ3v) is 3.25. The largest absolute Gasteiger partial charge is 0.477 e. The van der Waals surface area contributed by atoms with E-state index in [9.17, 15) is 9.59 Å². The molecule has 2 aromatic rings. The maximum Gasteiger partial charge on any atom is 0.341 e. The van der Waals surface area contributed by atoms with Crippen LogP contribution in [0.25, 0.3) is 0 Å². The normalized spacial score (nSPS) is 10.6. The molecule has 0 spiro atoms. The number of rotatable bonds is 3. The van der Waals surface area contributed by atoms with E-state index in [2.05, 4.69) is 6.07 Å². The summed E-state index contributed by atoms with van der Waals surface area (Å²) in [5.41, 5.74) is 3.34. The Bertz CT molecular complexity index is 709. The minimum Gasteiger partial charge on any atom is -0.477 e. The van der Waals surface area contributed by atoms with Gasteiger partial charge in [-0.2, -0.15) is 0 Å². The van der Waals surface area contributed by atoms with Gasteiger partial charge in [-0.1, -0.05) is 29.3 Å². The molecule has 0 amide bonds. The van der Waals surface area contributed by atoms with Crippen molar-refractivity contribution in [2.75, 3.05) is 0 Å². The second-order valence-electron chi connectivity index (χ2n) is 5.08. The third kappa shape index (κ3) is 2.79. The van der Waals surface area contributed by atoms with Crippen molar-refractivity contribution in [2.45, 2.75) is 27.3 Å². The summed E-state index contributed by atoms with van der Waals surface area (Å²) in [6.07, 6.45) is 0. The summed E-state index contributed by atoms with van der Waals surface area (Å²) in [5, 5.41) is 9.02. The van der Waals surface area contributed by atoms with Gasteiger partial charge in [-0.25, -0.2) is 4.79 Å². The molecule has 0 unspecified atom stereocenters. The molecule has 0 fully saturated rings. The molecule has 20 heavy (non-hydrogen) atoms. The Morgan fingerprint density at radius 3 is 2.25 bits per heavy atom. The molecule has 4 nitrogen and oxygen atoms in total. The number of nitrogens with zero attached hydrogens (tertiary/aromatic N) is 1. The molecule has 1 aromatic carbocycles. The lowest BCUT2D eigenvalue weighted by atomic mass is 10.1. The van der Waals surface area contributed by atoms with Gasteiger partial charge in [0.2, 0.25) is 0 Å². The quantitative estimate of drug-likeness (QED) is 0.933. The molecule has 1 aromatic heterocycles. The lowest BCUT2D eigenvalue weighted by Crippen LogP contribution is -2.28. The van der Waals surface area contributed by atoms with Crippen LogP contribution in [0.2, 0.25) is 0 Å². The smallest absolute Gasteiger partial charge is 0.341 e. The zero-order chi connectivity index (χ0) is 14.9. The van der Waals surface area contributed by atoms with Crippen LogP contribution >= 0.6 is 0 Å². The molecule has 0 saturated carbocycles. The monoisotopic (exact) mass is 271 g/mol. The van der Waals surface area contributed by atoms with Crippen molar-refractivity contribution in [2.24, 2.45) is 0 Å². The highest BCUT2D eigenvalue weighted by atomic mass is 16.4. The van der Waals surface area contributed by atoms with Gasteiger partial charge < -0.3 is 9.67 Å². The summed E-state index contributed by atoms with van der Waals surface area (Å²) >= 11 is 0. The molecule has 1 heterocycles. The minimum absolute atomic E-state index is 0.194. The maximum absolute atomic E-state index is 12.2. The van der Waals surface area contributed by atoms with E-state index in [1.165, 1.54) is 10.6 Å². The zero-order valence-electron chi connectivity index (χ0n) is 11.8. The van der Waals surface area contributed by atoms with Crippen LogP contribution in [0.4, 0.5) is 0 Å². The molecule has 4 heteroatoms. The summed E-state index contributed by atoms with van der Waals surface area (Å²) in [5.74, 6) is -1.19. The fraction of sp³-hybridized carbons (Fsp3) is 0.250. The van der Waals surface area contributed by atoms with Crippen LogP contribution in [0.15, 0.2) is 35.1 Å². The number of pyridine rings is 1. The van der Waals surface area contributed by atoms with Gasteiger partial charge in [0.1, 0.15) is 5.56 Å². The Balaban J connectivity index is 2.50. The second kappa shape index (κ2) is 5.33. The second-order valence-corrected chi connectivity index (χ2v) is 5.08. The number of carboxylic acid groups (broad SMARTS) is 1. The summed E-state index contributed by atoms with van der Waals surface area (Å²) < 4.78 is 1.50. The predicted molar refractivity (Wildman–Crippen MR) is 77.4 cm³/mol. The Morgan fingerprint density at radius 2 is 1.70 bits per heavy atom. The number of aromatic nitrogens is 1. The van der Waals surface area contributed by atoms with Crippen LogP contribution in [0.5, 0.6) is 0 Å². The molecule has 104 valence electrons. The van der Waals surface area contributed by atoms with Crippen molar-refractivity contribution in [3.8, 4) is 0 Å². The highest BCUT2D eigenvalue weighted by molar-refractivity contribution is 5.87. The number of carboxylic acids is 1. The topological polar surface area (TPSA) is 59.3 Å². The molecule has 0 aliphatic heterocycles. The highest BCUT2D eigenvalue weighted by Crippen LogP contribution is 2.11. The first-order chi connectivity index (χ1) is 9.38. The van der Waals surface area contributed by atoms with E-state index >= 15 is 0 Å². The molecule has 0 bridgehead atoms. The zero-order valence-corrected chi connectivity index (χ0v) is 11.8. The molecular weight excluding hydrogens is 254 g/mol. The molecule has 0 radical (unpaired) electrons. The van der Waals surface area contributed by atoms with E-state index in [1.807, 2.05) is 26.0 Å². The van der Waals surface area contributed by atoms with Crippen LogP contribution in [0, 0.1) is 20.8 Å². The van der Waals surface area contributed by atoms with Crippen LogP contribution in [0.3, 0.4) is 0 Å². The number of aryl methyl sites for hydroxylation is 3. The number of hydrogen-bond acceptors (Lipinski definition) is 2. The summed E-state index contributed by atoms with van der Waals surface area (Å²) in [6.45, 7) is 6.18. The fourth-order valence-electron chi connectivity index (χ4n) is 2.37. The first-order valence-electron chi connectivity index (χ1n) is 6.39. The number of benzene rings is 1. The predicted octanol–water partition coefficient (Wildman–Crippen LogP) is 2.52. The van der Waals surface area contributed by atoms with Crippen molar-refractivity contribution in [3.05, 3.63) is 68.6 Å². The Morgan fingerprint density at radius 1 is 1.10 bits per heavy atom. The molecule has 0 saturated heterocycles. The van der Waals surface area contributed by atoms with Crippen LogP contribution in [-0.2, 0) is 6.54 Å². The van der Waals surface area contributed by atoms with Crippen LogP contribution in [0.1, 0.15) is 32.7 Å². The van der Waals surface area contributed by atoms with Crippen molar-refractivity contribution < 1.29 is 9.90 Å². The van der Waals surface area contributed by atoms with Gasteiger partial charge in [0.15, 0.2) is 0 Å². The number of hydrogen-bond donors (Lipinski definition) is 1. The summed E-state index contributed by atoms with van der Waals surface area (Å²) in [6, 6.07) is 9.09. The van der Waals surface area contributed by atoms with Gasteiger partial charge in [0.25, 0.3) is 5.56 Å². The summed E-state index contributed by atoms with van der Waals surface area (Å²) in [7, 11) is 0. The standard InChI is InChI=1S/C16H17NO3/c1-10-6-11(2)8-13(7-10)9-17-12(3)4-5-14(15(17)18)16(19)20/h4-8H,9H2,1-3H3,(H,19,20). The molecule has 2 rings (SSSR count). The van der Waals surface area contributed by atoms with E-state index in [0.717, 1.165) is 22.4 Å². The van der Waals surface area contributed by atoms with Gasteiger partial charge >= 0.3 is 5.97 Å². The van der Waals surface area contributed by atoms with Crippen LogP contribution < -0.4 is 5.56 Å². The Labute approximate surface area is 117 Å². The number of carbonyl (C=O) groups is 1. The van der Waals surface area contributed by atoms with E-state index in [0.29, 0.717) is 6.54 Å². The van der Waals surface area contributed by atoms with E-state index in [1.54, 1.807) is 13.0 Å². The first-order valence-corrected chi connectivity index (χ1v) is 6.39.